The fourth-order valence-corrected chi connectivity index (χ4v) is 2.87. The first-order valence-corrected chi connectivity index (χ1v) is 8.61. The zero-order chi connectivity index (χ0) is 18.5. The molecule has 0 aliphatic heterocycles. The molecule has 3 aromatic carbocycles. The molecule has 0 radical (unpaired) electrons. The minimum absolute atomic E-state index is 0.236. The van der Waals surface area contributed by atoms with E-state index in [9.17, 15) is 9.59 Å². The van der Waals surface area contributed by atoms with Crippen molar-refractivity contribution in [3.8, 4) is 0 Å². The summed E-state index contributed by atoms with van der Waals surface area (Å²) in [5.41, 5.74) is 1.30. The lowest BCUT2D eigenvalue weighted by atomic mass is 10.1. The number of ether oxygens (including phenoxy) is 1. The number of halogens is 1. The lowest BCUT2D eigenvalue weighted by molar-refractivity contribution is -0.124. The molecule has 0 saturated heterocycles. The van der Waals surface area contributed by atoms with Crippen LogP contribution in [0.4, 0.5) is 0 Å². The van der Waals surface area contributed by atoms with Crippen LogP contribution in [0.25, 0.3) is 10.8 Å². The molecular weight excluding hydrogens is 350 g/mol. The zero-order valence-electron chi connectivity index (χ0n) is 14.2. The Morgan fingerprint density at radius 1 is 1.00 bits per heavy atom. The summed E-state index contributed by atoms with van der Waals surface area (Å²) in [6, 6.07) is 20.0. The molecule has 0 heterocycles. The van der Waals surface area contributed by atoms with Gasteiger partial charge in [0.25, 0.3) is 5.91 Å². The average Bonchev–Trinajstić information content (AvgIpc) is 2.65. The number of benzene rings is 3. The minimum Gasteiger partial charge on any atom is -0.452 e. The smallest absolute Gasteiger partial charge is 0.338 e. The molecule has 0 aliphatic carbocycles. The topological polar surface area (TPSA) is 55.4 Å². The van der Waals surface area contributed by atoms with Crippen molar-refractivity contribution in [3.63, 3.8) is 0 Å². The molecule has 132 valence electrons. The minimum atomic E-state index is -0.527. The van der Waals surface area contributed by atoms with E-state index < -0.39 is 5.97 Å². The molecule has 0 unspecified atom stereocenters. The SMILES string of the molecule is C[C@H](NC(=O)COC(=O)c1ccc2ccccc2c1)c1cccc(Cl)c1. The maximum Gasteiger partial charge on any atom is 0.338 e. The van der Waals surface area contributed by atoms with Crippen molar-refractivity contribution >= 4 is 34.2 Å². The summed E-state index contributed by atoms with van der Waals surface area (Å²) >= 11 is 5.96. The first-order valence-electron chi connectivity index (χ1n) is 8.24. The fraction of sp³-hybridized carbons (Fsp3) is 0.143. The van der Waals surface area contributed by atoms with Gasteiger partial charge < -0.3 is 10.1 Å². The largest absolute Gasteiger partial charge is 0.452 e. The van der Waals surface area contributed by atoms with Crippen molar-refractivity contribution < 1.29 is 14.3 Å². The fourth-order valence-electron chi connectivity index (χ4n) is 2.67. The van der Waals surface area contributed by atoms with Crippen LogP contribution in [0.2, 0.25) is 5.02 Å². The van der Waals surface area contributed by atoms with Crippen LogP contribution in [0.3, 0.4) is 0 Å². The monoisotopic (exact) mass is 367 g/mol. The van der Waals surface area contributed by atoms with Crippen molar-refractivity contribution in [1.82, 2.24) is 5.32 Å². The number of esters is 1. The second kappa shape index (κ2) is 8.02. The standard InChI is InChI=1S/C21H18ClNO3/c1-14(16-7-4-8-19(22)12-16)23-20(24)13-26-21(25)18-10-9-15-5-2-3-6-17(15)11-18/h2-12,14H,13H2,1H3,(H,23,24)/t14-/m0/s1. The number of carbonyl (C=O) groups excluding carboxylic acids is 2. The van der Waals surface area contributed by atoms with Gasteiger partial charge in [0, 0.05) is 5.02 Å². The van der Waals surface area contributed by atoms with Crippen LogP contribution < -0.4 is 5.32 Å². The molecule has 1 amide bonds. The van der Waals surface area contributed by atoms with E-state index in [2.05, 4.69) is 5.32 Å². The van der Waals surface area contributed by atoms with Gasteiger partial charge in [-0.3, -0.25) is 4.79 Å². The predicted molar refractivity (Wildman–Crippen MR) is 102 cm³/mol. The third-order valence-electron chi connectivity index (χ3n) is 4.05. The second-order valence-corrected chi connectivity index (χ2v) is 6.42. The van der Waals surface area contributed by atoms with Gasteiger partial charge in [-0.2, -0.15) is 0 Å². The van der Waals surface area contributed by atoms with E-state index in [-0.39, 0.29) is 18.6 Å². The quantitative estimate of drug-likeness (QED) is 0.674. The Labute approximate surface area is 156 Å². The maximum absolute atomic E-state index is 12.2. The molecule has 26 heavy (non-hydrogen) atoms. The summed E-state index contributed by atoms with van der Waals surface area (Å²) in [6.07, 6.45) is 0. The van der Waals surface area contributed by atoms with Gasteiger partial charge >= 0.3 is 5.97 Å². The third-order valence-corrected chi connectivity index (χ3v) is 4.28. The molecule has 3 aromatic rings. The molecule has 0 bridgehead atoms. The molecule has 0 aromatic heterocycles. The average molecular weight is 368 g/mol. The van der Waals surface area contributed by atoms with Crippen LogP contribution >= 0.6 is 11.6 Å². The molecule has 0 fully saturated rings. The highest BCUT2D eigenvalue weighted by atomic mass is 35.5. The summed E-state index contributed by atoms with van der Waals surface area (Å²) in [5, 5.41) is 5.37. The molecular formula is C21H18ClNO3. The maximum atomic E-state index is 12.2. The molecule has 0 spiro atoms. The highest BCUT2D eigenvalue weighted by Crippen LogP contribution is 2.18. The number of nitrogens with one attached hydrogen (secondary N) is 1. The van der Waals surface area contributed by atoms with Crippen molar-refractivity contribution in [2.75, 3.05) is 6.61 Å². The van der Waals surface area contributed by atoms with Crippen molar-refractivity contribution in [1.29, 1.82) is 0 Å². The summed E-state index contributed by atoms with van der Waals surface area (Å²) < 4.78 is 5.12. The molecule has 3 rings (SSSR count). The molecule has 1 N–H and O–H groups in total. The summed E-state index contributed by atoms with van der Waals surface area (Å²) in [6.45, 7) is 1.51. The van der Waals surface area contributed by atoms with Crippen LogP contribution in [0.15, 0.2) is 66.7 Å². The Bertz CT molecular complexity index is 955. The second-order valence-electron chi connectivity index (χ2n) is 5.98. The van der Waals surface area contributed by atoms with Gasteiger partial charge in [-0.1, -0.05) is 54.1 Å². The number of fused-ring (bicyclic) bond motifs is 1. The van der Waals surface area contributed by atoms with Crippen molar-refractivity contribution in [3.05, 3.63) is 82.9 Å². The number of rotatable bonds is 5. The van der Waals surface area contributed by atoms with Crippen LogP contribution in [-0.4, -0.2) is 18.5 Å². The summed E-state index contributed by atoms with van der Waals surface area (Å²) in [7, 11) is 0. The molecule has 0 aliphatic rings. The lowest BCUT2D eigenvalue weighted by Gasteiger charge is -2.14. The lowest BCUT2D eigenvalue weighted by Crippen LogP contribution is -2.31. The highest BCUT2D eigenvalue weighted by molar-refractivity contribution is 6.30. The van der Waals surface area contributed by atoms with Gasteiger partial charge in [0.1, 0.15) is 0 Å². The van der Waals surface area contributed by atoms with E-state index >= 15 is 0 Å². The molecule has 1 atom stereocenters. The van der Waals surface area contributed by atoms with E-state index in [0.29, 0.717) is 10.6 Å². The van der Waals surface area contributed by atoms with Crippen LogP contribution in [0, 0.1) is 0 Å². The Balaban J connectivity index is 1.57. The first kappa shape index (κ1) is 18.0. The normalized spacial score (nSPS) is 11.8. The molecule has 4 nitrogen and oxygen atoms in total. The number of hydrogen-bond donors (Lipinski definition) is 1. The summed E-state index contributed by atoms with van der Waals surface area (Å²) in [5.74, 6) is -0.895. The van der Waals surface area contributed by atoms with Gasteiger partial charge in [-0.15, -0.1) is 0 Å². The van der Waals surface area contributed by atoms with E-state index in [1.54, 1.807) is 24.3 Å². The highest BCUT2D eigenvalue weighted by Gasteiger charge is 2.13. The van der Waals surface area contributed by atoms with Gasteiger partial charge in [0.05, 0.1) is 11.6 Å². The third kappa shape index (κ3) is 4.41. The van der Waals surface area contributed by atoms with Crippen molar-refractivity contribution in [2.24, 2.45) is 0 Å². The van der Waals surface area contributed by atoms with E-state index in [4.69, 9.17) is 16.3 Å². The number of carbonyl (C=O) groups is 2. The Hall–Kier alpha value is -2.85. The first-order chi connectivity index (χ1) is 12.5. The molecule has 5 heteroatoms. The van der Waals surface area contributed by atoms with Gasteiger partial charge in [-0.25, -0.2) is 4.79 Å². The Morgan fingerprint density at radius 3 is 2.54 bits per heavy atom. The van der Waals surface area contributed by atoms with Crippen LogP contribution in [-0.2, 0) is 9.53 Å². The summed E-state index contributed by atoms with van der Waals surface area (Å²) in [4.78, 5) is 24.2. The molecule has 0 saturated carbocycles. The van der Waals surface area contributed by atoms with Crippen LogP contribution in [0.1, 0.15) is 28.9 Å². The van der Waals surface area contributed by atoms with E-state index in [1.165, 1.54) is 0 Å². The van der Waals surface area contributed by atoms with Gasteiger partial charge in [0.2, 0.25) is 0 Å². The van der Waals surface area contributed by atoms with Crippen molar-refractivity contribution in [2.45, 2.75) is 13.0 Å². The predicted octanol–water partition coefficient (Wildman–Crippen LogP) is 4.53. The van der Waals surface area contributed by atoms with Gasteiger partial charge in [0.15, 0.2) is 6.61 Å². The van der Waals surface area contributed by atoms with Gasteiger partial charge in [-0.05, 0) is 47.5 Å². The zero-order valence-corrected chi connectivity index (χ0v) is 15.0. The van der Waals surface area contributed by atoms with E-state index in [1.807, 2.05) is 49.4 Å². The van der Waals surface area contributed by atoms with E-state index in [0.717, 1.165) is 16.3 Å². The Morgan fingerprint density at radius 2 is 1.77 bits per heavy atom. The van der Waals surface area contributed by atoms with Crippen LogP contribution in [0.5, 0.6) is 0 Å². The number of hydrogen-bond acceptors (Lipinski definition) is 3. The Kier molecular flexibility index (Phi) is 5.54. The number of amides is 1.